The van der Waals surface area contributed by atoms with Crippen LogP contribution in [0.2, 0.25) is 0 Å². The van der Waals surface area contributed by atoms with Gasteiger partial charge in [-0.2, -0.15) is 0 Å². The molecule has 1 aliphatic heterocycles. The van der Waals surface area contributed by atoms with Crippen LogP contribution in [-0.2, 0) is 0 Å². The van der Waals surface area contributed by atoms with Gasteiger partial charge in [0.2, 0.25) is 0 Å². The fourth-order valence-electron chi connectivity index (χ4n) is 2.12. The van der Waals surface area contributed by atoms with Gasteiger partial charge in [0, 0.05) is 19.1 Å². The highest BCUT2D eigenvalue weighted by Crippen LogP contribution is 2.25. The fraction of sp³-hybridized carbons (Fsp3) is 0.889. The van der Waals surface area contributed by atoms with Crippen molar-refractivity contribution in [2.45, 2.75) is 26.3 Å². The number of carboxylic acid groups (broad SMARTS) is 1. The summed E-state index contributed by atoms with van der Waals surface area (Å²) in [7, 11) is 0. The quantitative estimate of drug-likeness (QED) is 0.641. The summed E-state index contributed by atoms with van der Waals surface area (Å²) in [6, 6.07) is 0.172. The van der Waals surface area contributed by atoms with Gasteiger partial charge in [0.15, 0.2) is 0 Å². The Kier molecular flexibility index (Phi) is 3.14. The van der Waals surface area contributed by atoms with Gasteiger partial charge in [0.25, 0.3) is 0 Å². The molecule has 0 bridgehead atoms. The van der Waals surface area contributed by atoms with Crippen LogP contribution in [0, 0.1) is 11.8 Å². The Morgan fingerprint density at radius 1 is 1.69 bits per heavy atom. The summed E-state index contributed by atoms with van der Waals surface area (Å²) in [6.07, 6.45) is 0.0838. The van der Waals surface area contributed by atoms with E-state index < -0.39 is 6.09 Å². The first-order valence-corrected chi connectivity index (χ1v) is 4.75. The number of nitrogens with two attached hydrogens (primary N) is 1. The van der Waals surface area contributed by atoms with Gasteiger partial charge < -0.3 is 15.7 Å². The molecule has 76 valence electrons. The highest BCUT2D eigenvalue weighted by molar-refractivity contribution is 5.65. The van der Waals surface area contributed by atoms with Gasteiger partial charge in [-0.3, -0.25) is 0 Å². The molecule has 4 nitrogen and oxygen atoms in total. The van der Waals surface area contributed by atoms with Crippen molar-refractivity contribution in [2.24, 2.45) is 17.6 Å². The summed E-state index contributed by atoms with van der Waals surface area (Å²) < 4.78 is 0. The van der Waals surface area contributed by atoms with Crippen LogP contribution in [0.3, 0.4) is 0 Å². The minimum atomic E-state index is -0.810. The maximum atomic E-state index is 10.7. The predicted molar refractivity (Wildman–Crippen MR) is 50.5 cm³/mol. The van der Waals surface area contributed by atoms with Crippen molar-refractivity contribution < 1.29 is 9.90 Å². The second kappa shape index (κ2) is 3.96. The number of piperidine rings is 1. The molecule has 0 aromatic carbocycles. The molecule has 3 N–H and O–H groups in total. The van der Waals surface area contributed by atoms with Crippen molar-refractivity contribution in [3.63, 3.8) is 0 Å². The third kappa shape index (κ3) is 2.34. The van der Waals surface area contributed by atoms with E-state index in [0.717, 1.165) is 6.42 Å². The monoisotopic (exact) mass is 186 g/mol. The van der Waals surface area contributed by atoms with E-state index in [1.807, 2.05) is 6.92 Å². The van der Waals surface area contributed by atoms with Crippen molar-refractivity contribution in [3.05, 3.63) is 0 Å². The summed E-state index contributed by atoms with van der Waals surface area (Å²) in [5, 5.41) is 8.78. The van der Waals surface area contributed by atoms with Gasteiger partial charge in [0.05, 0.1) is 0 Å². The predicted octanol–water partition coefficient (Wildman–Crippen LogP) is 0.970. The molecule has 0 aromatic heterocycles. The lowest BCUT2D eigenvalue weighted by molar-refractivity contribution is 0.0954. The number of likely N-dealkylation sites (tertiary alicyclic amines) is 1. The van der Waals surface area contributed by atoms with E-state index in [1.165, 1.54) is 4.90 Å². The zero-order chi connectivity index (χ0) is 10.0. The number of hydrogen-bond acceptors (Lipinski definition) is 2. The van der Waals surface area contributed by atoms with E-state index in [2.05, 4.69) is 6.92 Å². The van der Waals surface area contributed by atoms with E-state index in [0.29, 0.717) is 24.9 Å². The standard InChI is InChI=1S/C9H18N2O2/c1-6-5-11(9(12)13)4-3-8(6)7(2)10/h6-8H,3-5,10H2,1-2H3,(H,12,13)/t6-,7-,8+/m0/s1. The zero-order valence-corrected chi connectivity index (χ0v) is 8.23. The lowest BCUT2D eigenvalue weighted by atomic mass is 9.82. The van der Waals surface area contributed by atoms with Crippen molar-refractivity contribution in [3.8, 4) is 0 Å². The highest BCUT2D eigenvalue weighted by atomic mass is 16.4. The Balaban J connectivity index is 2.51. The van der Waals surface area contributed by atoms with Crippen molar-refractivity contribution in [2.75, 3.05) is 13.1 Å². The van der Waals surface area contributed by atoms with E-state index in [1.54, 1.807) is 0 Å². The summed E-state index contributed by atoms with van der Waals surface area (Å²) in [5.74, 6) is 0.848. The van der Waals surface area contributed by atoms with Crippen LogP contribution < -0.4 is 5.73 Å². The van der Waals surface area contributed by atoms with Crippen LogP contribution >= 0.6 is 0 Å². The van der Waals surface area contributed by atoms with Gasteiger partial charge >= 0.3 is 6.09 Å². The molecule has 0 spiro atoms. The molecule has 1 amide bonds. The van der Waals surface area contributed by atoms with Crippen LogP contribution in [0.25, 0.3) is 0 Å². The Labute approximate surface area is 78.7 Å². The smallest absolute Gasteiger partial charge is 0.407 e. The number of hydrogen-bond donors (Lipinski definition) is 2. The fourth-order valence-corrected chi connectivity index (χ4v) is 2.12. The van der Waals surface area contributed by atoms with Crippen LogP contribution in [-0.4, -0.2) is 35.2 Å². The number of rotatable bonds is 1. The van der Waals surface area contributed by atoms with Crippen LogP contribution in [0.5, 0.6) is 0 Å². The Morgan fingerprint density at radius 3 is 2.69 bits per heavy atom. The second-order valence-electron chi connectivity index (χ2n) is 4.02. The molecule has 4 heteroatoms. The molecule has 0 aliphatic carbocycles. The average Bonchev–Trinajstić information content (AvgIpc) is 2.03. The van der Waals surface area contributed by atoms with Gasteiger partial charge in [-0.1, -0.05) is 6.92 Å². The van der Waals surface area contributed by atoms with E-state index in [9.17, 15) is 4.79 Å². The molecule has 1 rings (SSSR count). The molecule has 1 heterocycles. The molecular weight excluding hydrogens is 168 g/mol. The first kappa shape index (κ1) is 10.3. The molecule has 0 unspecified atom stereocenters. The molecule has 1 fully saturated rings. The summed E-state index contributed by atoms with van der Waals surface area (Å²) in [6.45, 7) is 5.33. The number of amides is 1. The first-order chi connectivity index (χ1) is 6.02. The molecule has 3 atom stereocenters. The Morgan fingerprint density at radius 2 is 2.31 bits per heavy atom. The van der Waals surface area contributed by atoms with Crippen LogP contribution in [0.15, 0.2) is 0 Å². The maximum Gasteiger partial charge on any atom is 0.407 e. The number of carbonyl (C=O) groups is 1. The highest BCUT2D eigenvalue weighted by Gasteiger charge is 2.30. The molecule has 0 saturated carbocycles. The van der Waals surface area contributed by atoms with Crippen molar-refractivity contribution >= 4 is 6.09 Å². The van der Waals surface area contributed by atoms with E-state index in [-0.39, 0.29) is 6.04 Å². The largest absolute Gasteiger partial charge is 0.465 e. The molecular formula is C9H18N2O2. The van der Waals surface area contributed by atoms with Gasteiger partial charge in [-0.25, -0.2) is 4.79 Å². The first-order valence-electron chi connectivity index (χ1n) is 4.75. The zero-order valence-electron chi connectivity index (χ0n) is 8.23. The topological polar surface area (TPSA) is 66.6 Å². The summed E-state index contributed by atoms with van der Waals surface area (Å²) in [4.78, 5) is 12.1. The maximum absolute atomic E-state index is 10.7. The minimum Gasteiger partial charge on any atom is -0.465 e. The van der Waals surface area contributed by atoms with E-state index >= 15 is 0 Å². The Bertz CT molecular complexity index is 194. The van der Waals surface area contributed by atoms with Crippen molar-refractivity contribution in [1.29, 1.82) is 0 Å². The summed E-state index contributed by atoms with van der Waals surface area (Å²) in [5.41, 5.74) is 5.81. The normalized spacial score (nSPS) is 31.5. The lowest BCUT2D eigenvalue weighted by Crippen LogP contribution is -2.46. The lowest BCUT2D eigenvalue weighted by Gasteiger charge is -2.37. The molecule has 0 radical (unpaired) electrons. The van der Waals surface area contributed by atoms with Crippen LogP contribution in [0.1, 0.15) is 20.3 Å². The number of nitrogens with zero attached hydrogens (tertiary/aromatic N) is 1. The third-order valence-electron chi connectivity index (χ3n) is 2.92. The molecule has 1 aliphatic rings. The second-order valence-corrected chi connectivity index (χ2v) is 4.02. The van der Waals surface area contributed by atoms with E-state index in [4.69, 9.17) is 10.8 Å². The van der Waals surface area contributed by atoms with Gasteiger partial charge in [-0.15, -0.1) is 0 Å². The van der Waals surface area contributed by atoms with Crippen LogP contribution in [0.4, 0.5) is 4.79 Å². The van der Waals surface area contributed by atoms with Gasteiger partial charge in [0.1, 0.15) is 0 Å². The molecule has 0 aromatic rings. The minimum absolute atomic E-state index is 0.172. The summed E-state index contributed by atoms with van der Waals surface area (Å²) >= 11 is 0. The SMILES string of the molecule is C[C@H](N)[C@@H]1CCN(C(=O)O)C[C@@H]1C. The Hall–Kier alpha value is -0.770. The molecule has 13 heavy (non-hydrogen) atoms. The van der Waals surface area contributed by atoms with Gasteiger partial charge in [-0.05, 0) is 25.2 Å². The average molecular weight is 186 g/mol. The van der Waals surface area contributed by atoms with Crippen molar-refractivity contribution in [1.82, 2.24) is 4.90 Å². The molecule has 1 saturated heterocycles. The third-order valence-corrected chi connectivity index (χ3v) is 2.92.